The van der Waals surface area contributed by atoms with Gasteiger partial charge in [0, 0.05) is 92.8 Å². The standard InChI is InChI=1S/C85H113N17O18S2/c1-49(2)90-44-55-28-26-54(27-29-55)42-66-81(115)102-73(50(3)104)84(118)98-65(41-52-19-8-5-9-20-52)79(113)92-62-24-13-15-37-88-71(106)25-16-38-89-72(107)35-34-63(77(111)97-67(80(114)96-66)43-56-45-91-60-22-11-10-21-58(56)60)94-78(112)64(40-51-17-6-4-7-18-51)95-75(109)61(23-12-14-36-86)93-83(117)69(100-74(108)59(87)39-53-30-32-57(105)33-31-53)47-121-122-48-70(85(119)120)101-82(116)68(46-103)99-76(62)110/h4-11,17-22,26-33,45,49-50,59,61-70,73,90-91,103-105H,12-16,23-25,34-44,46-48,86-87H2,1-3H3,(H,88,106)(H,89,107)(H,92,113)(H,93,117)(H,94,112)(H,95,109)(H,96,114)(H,97,111)(H,98,118)(H,99,110)(H,100,108)(H,101,116)(H,102,115)(H,119,120)/t50-,59+,61+,62+,63+,64+,65+,66+,67-,68+,69+,70+,73-/m1/s1. The highest BCUT2D eigenvalue weighted by molar-refractivity contribution is 8.76. The number of amides is 13. The lowest BCUT2D eigenvalue weighted by atomic mass is 9.99. The second-order valence-corrected chi connectivity index (χ2v) is 33.1. The van der Waals surface area contributed by atoms with Gasteiger partial charge in [0.2, 0.25) is 76.8 Å². The molecular formula is C85H113N17O18S2. The Morgan fingerprint density at radius 1 is 0.500 bits per heavy atom. The fourth-order valence-corrected chi connectivity index (χ4v) is 15.8. The average molecular weight is 1730 g/mol. The number of aliphatic carboxylic acids is 1. The number of nitrogens with two attached hydrogens (primary N) is 2. The zero-order valence-electron chi connectivity index (χ0n) is 68.4. The van der Waals surface area contributed by atoms with Crippen molar-refractivity contribution in [2.24, 2.45) is 11.5 Å². The number of carbonyl (C=O) groups is 14. The monoisotopic (exact) mass is 1720 g/mol. The quantitative estimate of drug-likeness (QED) is 0.0301. The Bertz CT molecular complexity index is 4510. The Hall–Kier alpha value is -11.5. The molecule has 8 rings (SSSR count). The highest BCUT2D eigenvalue weighted by atomic mass is 33.1. The fraction of sp³-hybridized carbons (Fsp3) is 0.459. The van der Waals surface area contributed by atoms with Gasteiger partial charge in [-0.2, -0.15) is 0 Å². The van der Waals surface area contributed by atoms with E-state index in [1.54, 1.807) is 115 Å². The van der Waals surface area contributed by atoms with Gasteiger partial charge in [0.25, 0.3) is 0 Å². The van der Waals surface area contributed by atoms with E-state index in [4.69, 9.17) is 11.5 Å². The first-order chi connectivity index (χ1) is 58.5. The number of para-hydroxylation sites is 1. The second-order valence-electron chi connectivity index (χ2n) is 30.5. The number of rotatable bonds is 22. The first-order valence-electron chi connectivity index (χ1n) is 40.9. The topological polar surface area (TPSA) is 556 Å². The third-order valence-electron chi connectivity index (χ3n) is 20.4. The predicted octanol–water partition coefficient (Wildman–Crippen LogP) is -0.497. The lowest BCUT2D eigenvalue weighted by Crippen LogP contribution is -2.63. The number of aliphatic hydroxyl groups is 2. The average Bonchev–Trinajstić information content (AvgIpc) is 1.60. The molecule has 2 saturated heterocycles. The number of aromatic nitrogens is 1. The maximum absolute atomic E-state index is 15.7. The van der Waals surface area contributed by atoms with E-state index in [9.17, 15) is 54.0 Å². The number of carbonyl (C=O) groups excluding carboxylic acids is 13. The maximum Gasteiger partial charge on any atom is 0.327 e. The molecule has 2 fully saturated rings. The number of H-pyrrole nitrogens is 1. The summed E-state index contributed by atoms with van der Waals surface area (Å²) in [6.07, 6.45) is -1.92. The van der Waals surface area contributed by atoms with Gasteiger partial charge in [0.15, 0.2) is 0 Å². The molecule has 35 nitrogen and oxygen atoms in total. The van der Waals surface area contributed by atoms with Crippen LogP contribution in [0.15, 0.2) is 140 Å². The molecule has 13 atom stereocenters. The Labute approximate surface area is 714 Å². The van der Waals surface area contributed by atoms with Crippen LogP contribution in [-0.2, 0) is 106 Å². The van der Waals surface area contributed by atoms with Crippen LogP contribution in [0.2, 0.25) is 0 Å². The van der Waals surface area contributed by atoms with Crippen LogP contribution in [0.5, 0.6) is 5.75 Å². The van der Waals surface area contributed by atoms with Crippen molar-refractivity contribution in [2.75, 3.05) is 37.7 Å². The number of hydrogen-bond donors (Lipinski definition) is 21. The molecule has 6 aromatic rings. The van der Waals surface area contributed by atoms with Crippen molar-refractivity contribution >= 4 is 115 Å². The van der Waals surface area contributed by atoms with E-state index in [2.05, 4.69) is 79.4 Å². The summed E-state index contributed by atoms with van der Waals surface area (Å²) in [6.45, 7) is 4.57. The molecule has 1 aromatic heterocycles. The van der Waals surface area contributed by atoms with Crippen LogP contribution >= 0.6 is 21.6 Å². The van der Waals surface area contributed by atoms with Crippen molar-refractivity contribution in [2.45, 2.75) is 208 Å². The van der Waals surface area contributed by atoms with E-state index in [1.807, 2.05) is 13.8 Å². The highest BCUT2D eigenvalue weighted by Gasteiger charge is 2.39. The van der Waals surface area contributed by atoms with Gasteiger partial charge in [0.1, 0.15) is 72.2 Å². The molecule has 2 aliphatic heterocycles. The molecule has 3 heterocycles. The Balaban J connectivity index is 1.27. The molecule has 658 valence electrons. The summed E-state index contributed by atoms with van der Waals surface area (Å²) in [4.78, 5) is 209. The van der Waals surface area contributed by atoms with E-state index >= 15 is 33.6 Å². The lowest BCUT2D eigenvalue weighted by molar-refractivity contribution is -0.142. The number of aliphatic hydroxyl groups excluding tert-OH is 2. The number of aromatic amines is 1. The molecule has 5 aromatic carbocycles. The van der Waals surface area contributed by atoms with E-state index in [0.29, 0.717) is 51.7 Å². The van der Waals surface area contributed by atoms with Crippen molar-refractivity contribution in [1.82, 2.24) is 79.4 Å². The van der Waals surface area contributed by atoms with Gasteiger partial charge in [0.05, 0.1) is 18.8 Å². The first kappa shape index (κ1) is 96.0. The van der Waals surface area contributed by atoms with Crippen molar-refractivity contribution in [1.29, 1.82) is 0 Å². The Morgan fingerprint density at radius 3 is 1.59 bits per heavy atom. The minimum Gasteiger partial charge on any atom is -0.508 e. The van der Waals surface area contributed by atoms with Crippen molar-refractivity contribution in [3.8, 4) is 5.75 Å². The van der Waals surface area contributed by atoms with Crippen LogP contribution in [0.4, 0.5) is 0 Å². The van der Waals surface area contributed by atoms with Crippen LogP contribution in [0, 0.1) is 0 Å². The van der Waals surface area contributed by atoms with Gasteiger partial charge in [-0.05, 0) is 123 Å². The van der Waals surface area contributed by atoms with Gasteiger partial charge in [-0.3, -0.25) is 62.3 Å². The summed E-state index contributed by atoms with van der Waals surface area (Å²) < 4.78 is 0. The van der Waals surface area contributed by atoms with Crippen LogP contribution in [-0.4, -0.2) is 231 Å². The molecule has 2 aliphatic rings. The molecule has 13 amide bonds. The summed E-state index contributed by atoms with van der Waals surface area (Å²) >= 11 is 0. The van der Waals surface area contributed by atoms with Crippen LogP contribution in [0.3, 0.4) is 0 Å². The van der Waals surface area contributed by atoms with Gasteiger partial charge in [-0.15, -0.1) is 0 Å². The number of benzene rings is 5. The van der Waals surface area contributed by atoms with E-state index in [-0.39, 0.29) is 114 Å². The zero-order chi connectivity index (χ0) is 88.2. The fourth-order valence-electron chi connectivity index (χ4n) is 13.5. The number of aromatic hydroxyl groups is 1. The van der Waals surface area contributed by atoms with Crippen LogP contribution in [0.25, 0.3) is 10.9 Å². The normalized spacial score (nSPS) is 23.4. The molecule has 0 aliphatic carbocycles. The zero-order valence-corrected chi connectivity index (χ0v) is 70.0. The van der Waals surface area contributed by atoms with Gasteiger partial charge < -0.3 is 111 Å². The number of nitrogens with one attached hydrogen (secondary N) is 15. The Morgan fingerprint density at radius 2 is 0.992 bits per heavy atom. The number of unbranched alkanes of at least 4 members (excludes halogenated alkanes) is 1. The van der Waals surface area contributed by atoms with Crippen LogP contribution < -0.4 is 85.9 Å². The molecule has 0 spiro atoms. The Kier molecular flexibility index (Phi) is 38.9. The van der Waals surface area contributed by atoms with Gasteiger partial charge >= 0.3 is 5.97 Å². The van der Waals surface area contributed by atoms with Crippen LogP contribution in [0.1, 0.15) is 118 Å². The minimum atomic E-state index is -1.91. The molecule has 0 radical (unpaired) electrons. The number of phenols is 1. The number of phenolic OH excluding ortho intramolecular Hbond substituents is 1. The molecule has 23 N–H and O–H groups in total. The molecule has 0 saturated carbocycles. The van der Waals surface area contributed by atoms with E-state index < -0.39 is 187 Å². The van der Waals surface area contributed by atoms with E-state index in [0.717, 1.165) is 27.2 Å². The number of carboxylic acid groups (broad SMARTS) is 1. The maximum atomic E-state index is 15.7. The van der Waals surface area contributed by atoms with E-state index in [1.165, 1.54) is 31.2 Å². The summed E-state index contributed by atoms with van der Waals surface area (Å²) in [7, 11) is 1.66. The molecule has 2 bridgehead atoms. The van der Waals surface area contributed by atoms with Gasteiger partial charge in [-0.25, -0.2) is 4.79 Å². The number of hydrogen-bond acceptors (Lipinski definition) is 22. The van der Waals surface area contributed by atoms with Gasteiger partial charge in [-0.1, -0.05) is 151 Å². The summed E-state index contributed by atoms with van der Waals surface area (Å²) in [6, 6.07) is 16.8. The third kappa shape index (κ3) is 31.5. The SMILES string of the molecule is CC(C)NCc1ccc(C[C@@H]2NC(=O)[C@@H](Cc3c[nH]c4ccccc34)NC(=O)[C@@H]3CCC(=O)NCCCC(=O)NCCCC[C@H](NC(=O)[C@H](Cc4ccccc4)NC(=O)[C@@H]([C@@H](C)O)NC2=O)C(=O)N[C@@H](CO)C(=O)N[C@H](C(=O)O)CSSC[C@H](NC(=O)[C@@H](N)Cc2ccc(O)cc2)C(=O)N[C@@H](CCCCN)C(=O)N[C@@H](Cc2ccccc2)C(=O)N3)cc1. The molecular weight excluding hydrogens is 1610 g/mol. The summed E-state index contributed by atoms with van der Waals surface area (Å²) in [5, 5.41) is 81.4. The molecule has 37 heteroatoms. The first-order valence-corrected chi connectivity index (χ1v) is 43.3. The molecule has 0 unspecified atom stereocenters. The highest BCUT2D eigenvalue weighted by Crippen LogP contribution is 2.25. The number of carboxylic acids is 1. The van der Waals surface area contributed by atoms with Crippen molar-refractivity contribution in [3.05, 3.63) is 173 Å². The lowest BCUT2D eigenvalue weighted by Gasteiger charge is -2.29. The van der Waals surface area contributed by atoms with Crippen molar-refractivity contribution in [3.63, 3.8) is 0 Å². The summed E-state index contributed by atoms with van der Waals surface area (Å²) in [5.74, 6) is -14.9. The number of fused-ring (bicyclic) bond motifs is 15. The largest absolute Gasteiger partial charge is 0.508 e. The smallest absolute Gasteiger partial charge is 0.327 e. The van der Waals surface area contributed by atoms with Crippen molar-refractivity contribution < 1.29 is 87.5 Å². The minimum absolute atomic E-state index is 0.0212. The third-order valence-corrected chi connectivity index (χ3v) is 22.9. The second kappa shape index (κ2) is 49.4. The summed E-state index contributed by atoms with van der Waals surface area (Å²) in [5.41, 5.74) is 16.3. The molecule has 122 heavy (non-hydrogen) atoms. The predicted molar refractivity (Wildman–Crippen MR) is 458 cm³/mol.